The Kier molecular flexibility index (Phi) is 4.74. The van der Waals surface area contributed by atoms with Crippen LogP contribution in [0.3, 0.4) is 0 Å². The second-order valence-electron chi connectivity index (χ2n) is 5.73. The van der Waals surface area contributed by atoms with Crippen LogP contribution in [0.5, 0.6) is 5.75 Å². The van der Waals surface area contributed by atoms with E-state index in [1.165, 1.54) is 11.1 Å². The average Bonchev–Trinajstić information content (AvgIpc) is 3.10. The molecule has 4 nitrogen and oxygen atoms in total. The summed E-state index contributed by atoms with van der Waals surface area (Å²) in [5, 5.41) is 17.2. The van der Waals surface area contributed by atoms with Gasteiger partial charge in [0, 0.05) is 25.0 Å². The Morgan fingerprint density at radius 1 is 1.09 bits per heavy atom. The van der Waals surface area contributed by atoms with Crippen LogP contribution < -0.4 is 5.32 Å². The van der Waals surface area contributed by atoms with E-state index in [1.807, 2.05) is 35.1 Å². The molecule has 0 bridgehead atoms. The molecular formula is C19H21N3O. The Hall–Kier alpha value is -2.59. The van der Waals surface area contributed by atoms with Gasteiger partial charge in [-0.2, -0.15) is 5.10 Å². The fourth-order valence-electron chi connectivity index (χ4n) is 2.64. The Balaban J connectivity index is 1.63. The van der Waals surface area contributed by atoms with Crippen LogP contribution in [-0.4, -0.2) is 20.9 Å². The third-order valence-corrected chi connectivity index (χ3v) is 3.86. The summed E-state index contributed by atoms with van der Waals surface area (Å²) in [5.41, 5.74) is 3.53. The second-order valence-corrected chi connectivity index (χ2v) is 5.73. The summed E-state index contributed by atoms with van der Waals surface area (Å²) in [4.78, 5) is 0. The fourth-order valence-corrected chi connectivity index (χ4v) is 2.64. The number of hydrogen-bond donors (Lipinski definition) is 2. The van der Waals surface area contributed by atoms with Gasteiger partial charge < -0.3 is 10.4 Å². The molecule has 0 aliphatic heterocycles. The number of aromatic nitrogens is 2. The van der Waals surface area contributed by atoms with Crippen LogP contribution in [0, 0.1) is 0 Å². The average molecular weight is 307 g/mol. The molecule has 0 aliphatic carbocycles. The van der Waals surface area contributed by atoms with E-state index in [4.69, 9.17) is 0 Å². The molecule has 0 spiro atoms. The lowest BCUT2D eigenvalue weighted by atomic mass is 10.1. The quantitative estimate of drug-likeness (QED) is 0.734. The molecule has 0 saturated heterocycles. The molecule has 0 aliphatic rings. The van der Waals surface area contributed by atoms with Crippen molar-refractivity contribution < 1.29 is 5.11 Å². The van der Waals surface area contributed by atoms with Crippen molar-refractivity contribution in [2.24, 2.45) is 0 Å². The molecule has 0 amide bonds. The molecular weight excluding hydrogens is 286 g/mol. The summed E-state index contributed by atoms with van der Waals surface area (Å²) in [6, 6.07) is 17.9. The zero-order chi connectivity index (χ0) is 16.1. The van der Waals surface area contributed by atoms with Gasteiger partial charge >= 0.3 is 0 Å². The lowest BCUT2D eigenvalue weighted by Crippen LogP contribution is -2.28. The Morgan fingerprint density at radius 3 is 2.61 bits per heavy atom. The van der Waals surface area contributed by atoms with Crippen LogP contribution in [0.25, 0.3) is 5.69 Å². The first-order chi connectivity index (χ1) is 11.2. The van der Waals surface area contributed by atoms with Crippen molar-refractivity contribution in [1.29, 1.82) is 0 Å². The van der Waals surface area contributed by atoms with Crippen LogP contribution in [0.4, 0.5) is 0 Å². The molecule has 2 aromatic carbocycles. The Labute approximate surface area is 136 Å². The third kappa shape index (κ3) is 3.99. The van der Waals surface area contributed by atoms with Crippen molar-refractivity contribution in [2.75, 3.05) is 0 Å². The summed E-state index contributed by atoms with van der Waals surface area (Å²) < 4.78 is 1.89. The number of nitrogens with zero attached hydrogens (tertiary/aromatic N) is 2. The van der Waals surface area contributed by atoms with E-state index in [0.717, 1.165) is 18.7 Å². The lowest BCUT2D eigenvalue weighted by Gasteiger charge is -2.16. The zero-order valence-electron chi connectivity index (χ0n) is 13.2. The van der Waals surface area contributed by atoms with Crippen LogP contribution in [0.1, 0.15) is 18.1 Å². The van der Waals surface area contributed by atoms with Gasteiger partial charge in [-0.05, 0) is 48.7 Å². The Morgan fingerprint density at radius 2 is 1.87 bits per heavy atom. The van der Waals surface area contributed by atoms with Gasteiger partial charge in [-0.15, -0.1) is 0 Å². The lowest BCUT2D eigenvalue weighted by molar-refractivity contribution is 0.474. The monoisotopic (exact) mass is 307 g/mol. The molecule has 4 heteroatoms. The second kappa shape index (κ2) is 7.11. The highest BCUT2D eigenvalue weighted by Gasteiger charge is 2.07. The summed E-state index contributed by atoms with van der Waals surface area (Å²) in [5.74, 6) is 0.308. The first kappa shape index (κ1) is 15.3. The highest BCUT2D eigenvalue weighted by Crippen LogP contribution is 2.14. The molecule has 23 heavy (non-hydrogen) atoms. The third-order valence-electron chi connectivity index (χ3n) is 3.86. The zero-order valence-corrected chi connectivity index (χ0v) is 13.2. The number of phenols is 1. The van der Waals surface area contributed by atoms with Gasteiger partial charge in [-0.1, -0.05) is 30.3 Å². The first-order valence-electron chi connectivity index (χ1n) is 7.81. The van der Waals surface area contributed by atoms with Gasteiger partial charge in [-0.3, -0.25) is 0 Å². The predicted molar refractivity (Wildman–Crippen MR) is 91.7 cm³/mol. The number of benzene rings is 2. The molecule has 1 aromatic heterocycles. The maximum atomic E-state index is 9.34. The van der Waals surface area contributed by atoms with Gasteiger partial charge in [0.15, 0.2) is 0 Å². The number of aromatic hydroxyl groups is 1. The molecule has 1 unspecified atom stereocenters. The minimum Gasteiger partial charge on any atom is -0.508 e. The highest BCUT2D eigenvalue weighted by atomic mass is 16.3. The van der Waals surface area contributed by atoms with Gasteiger partial charge in [0.1, 0.15) is 5.75 Å². The summed E-state index contributed by atoms with van der Waals surface area (Å²) in [6.45, 7) is 2.96. The summed E-state index contributed by atoms with van der Waals surface area (Å²) in [7, 11) is 0. The van der Waals surface area contributed by atoms with Crippen molar-refractivity contribution in [3.63, 3.8) is 0 Å². The van der Waals surface area contributed by atoms with Gasteiger partial charge in [0.2, 0.25) is 0 Å². The fraction of sp³-hybridized carbons (Fsp3) is 0.211. The van der Waals surface area contributed by atoms with Gasteiger partial charge in [-0.25, -0.2) is 4.68 Å². The number of hydrogen-bond acceptors (Lipinski definition) is 3. The number of para-hydroxylation sites is 1. The molecule has 0 saturated carbocycles. The predicted octanol–water partition coefficient (Wildman–Crippen LogP) is 3.30. The van der Waals surface area contributed by atoms with E-state index in [0.29, 0.717) is 11.8 Å². The van der Waals surface area contributed by atoms with E-state index < -0.39 is 0 Å². The SMILES string of the molecule is CC(Cc1ccc(O)cc1)NCc1ccccc1-n1cccn1. The molecule has 3 rings (SSSR count). The number of nitrogens with one attached hydrogen (secondary N) is 1. The van der Waals surface area contributed by atoms with Gasteiger partial charge in [0.25, 0.3) is 0 Å². The topological polar surface area (TPSA) is 50.1 Å². The van der Waals surface area contributed by atoms with Crippen LogP contribution in [0.15, 0.2) is 67.0 Å². The molecule has 3 aromatic rings. The van der Waals surface area contributed by atoms with Crippen LogP contribution in [-0.2, 0) is 13.0 Å². The highest BCUT2D eigenvalue weighted by molar-refractivity contribution is 5.40. The summed E-state index contributed by atoms with van der Waals surface area (Å²) >= 11 is 0. The van der Waals surface area contributed by atoms with Crippen LogP contribution >= 0.6 is 0 Å². The van der Waals surface area contributed by atoms with E-state index in [9.17, 15) is 5.11 Å². The van der Waals surface area contributed by atoms with E-state index >= 15 is 0 Å². The standard InChI is InChI=1S/C19H21N3O/c1-15(13-16-7-9-18(23)10-8-16)20-14-17-5-2-3-6-19(17)22-12-4-11-21-22/h2-12,15,20,23H,13-14H2,1H3. The first-order valence-corrected chi connectivity index (χ1v) is 7.81. The molecule has 1 atom stereocenters. The largest absolute Gasteiger partial charge is 0.508 e. The van der Waals surface area contributed by atoms with E-state index in [2.05, 4.69) is 35.5 Å². The van der Waals surface area contributed by atoms with Crippen molar-refractivity contribution in [3.05, 3.63) is 78.1 Å². The normalized spacial score (nSPS) is 12.2. The smallest absolute Gasteiger partial charge is 0.115 e. The minimum absolute atomic E-state index is 0.308. The van der Waals surface area contributed by atoms with Crippen molar-refractivity contribution >= 4 is 0 Å². The molecule has 1 heterocycles. The molecule has 2 N–H and O–H groups in total. The van der Waals surface area contributed by atoms with Crippen LogP contribution in [0.2, 0.25) is 0 Å². The summed E-state index contributed by atoms with van der Waals surface area (Å²) in [6.07, 6.45) is 4.67. The number of phenolic OH excluding ortho intramolecular Hbond substituents is 1. The maximum absolute atomic E-state index is 9.34. The Bertz CT molecular complexity index is 736. The van der Waals surface area contributed by atoms with E-state index in [1.54, 1.807) is 18.3 Å². The van der Waals surface area contributed by atoms with Gasteiger partial charge in [0.05, 0.1) is 5.69 Å². The minimum atomic E-state index is 0.308. The van der Waals surface area contributed by atoms with Crippen molar-refractivity contribution in [3.8, 4) is 11.4 Å². The van der Waals surface area contributed by atoms with E-state index in [-0.39, 0.29) is 0 Å². The molecule has 0 radical (unpaired) electrons. The van der Waals surface area contributed by atoms with Crippen molar-refractivity contribution in [1.82, 2.24) is 15.1 Å². The van der Waals surface area contributed by atoms with Crippen molar-refractivity contribution in [2.45, 2.75) is 25.9 Å². The number of rotatable bonds is 6. The maximum Gasteiger partial charge on any atom is 0.115 e. The molecule has 0 fully saturated rings. The molecule has 118 valence electrons.